The normalized spacial score (nSPS) is 11.6. The summed E-state index contributed by atoms with van der Waals surface area (Å²) < 4.78 is 14.8. The summed E-state index contributed by atoms with van der Waals surface area (Å²) in [6.07, 6.45) is 0. The highest BCUT2D eigenvalue weighted by molar-refractivity contribution is 6.10. The Bertz CT molecular complexity index is 3110. The first-order valence-corrected chi connectivity index (χ1v) is 18.0. The first-order chi connectivity index (χ1) is 27.2. The maximum absolute atomic E-state index is 6.39. The fraction of sp³-hybridized carbons (Fsp3) is 0. The van der Waals surface area contributed by atoms with Gasteiger partial charge in [0.1, 0.15) is 11.0 Å². The van der Waals surface area contributed by atoms with E-state index in [0.717, 1.165) is 71.9 Å². The summed E-state index contributed by atoms with van der Waals surface area (Å²) in [5.41, 5.74) is 10.7. The largest absolute Gasteiger partial charge is 0.436 e. The van der Waals surface area contributed by atoms with Crippen LogP contribution in [0.4, 0.5) is 0 Å². The number of aromatic nitrogens is 6. The van der Waals surface area contributed by atoms with Gasteiger partial charge in [-0.2, -0.15) is 0 Å². The van der Waals surface area contributed by atoms with Crippen LogP contribution < -0.4 is 0 Å². The Morgan fingerprint density at radius 3 is 1.62 bits per heavy atom. The molecule has 8 heteroatoms. The van der Waals surface area contributed by atoms with Crippen molar-refractivity contribution in [2.24, 2.45) is 0 Å². The maximum Gasteiger partial charge on any atom is 0.227 e. The van der Waals surface area contributed by atoms with Gasteiger partial charge in [-0.25, -0.2) is 24.9 Å². The Hall–Kier alpha value is -7.71. The predicted molar refractivity (Wildman–Crippen MR) is 216 cm³/mol. The third-order valence-electron chi connectivity index (χ3n) is 9.93. The second kappa shape index (κ2) is 12.5. The van der Waals surface area contributed by atoms with E-state index < -0.39 is 0 Å². The van der Waals surface area contributed by atoms with Gasteiger partial charge in [-0.15, -0.1) is 0 Å². The molecule has 0 radical (unpaired) electrons. The molecular formula is C47H28N6O2. The van der Waals surface area contributed by atoms with Crippen LogP contribution in [0.25, 0.3) is 107 Å². The molecule has 258 valence electrons. The monoisotopic (exact) mass is 708 g/mol. The van der Waals surface area contributed by atoms with Crippen molar-refractivity contribution in [3.8, 4) is 62.8 Å². The molecule has 0 aliphatic heterocycles. The van der Waals surface area contributed by atoms with Crippen LogP contribution in [0.5, 0.6) is 0 Å². The van der Waals surface area contributed by atoms with Crippen LogP contribution in [0.1, 0.15) is 0 Å². The van der Waals surface area contributed by atoms with E-state index in [9.17, 15) is 0 Å². The summed E-state index contributed by atoms with van der Waals surface area (Å²) in [7, 11) is 0. The Morgan fingerprint density at radius 1 is 0.345 bits per heavy atom. The topological polar surface area (TPSA) is 95.7 Å². The lowest BCUT2D eigenvalue weighted by Crippen LogP contribution is -2.00. The number of para-hydroxylation sites is 3. The second-order valence-corrected chi connectivity index (χ2v) is 13.4. The molecule has 0 spiro atoms. The number of hydrogen-bond donors (Lipinski definition) is 0. The average Bonchev–Trinajstić information content (AvgIpc) is 3.98. The van der Waals surface area contributed by atoms with Gasteiger partial charge < -0.3 is 13.4 Å². The number of oxazole rings is 2. The number of hydrogen-bond acceptors (Lipinski definition) is 7. The van der Waals surface area contributed by atoms with E-state index in [0.29, 0.717) is 34.8 Å². The van der Waals surface area contributed by atoms with Crippen molar-refractivity contribution < 1.29 is 8.83 Å². The fourth-order valence-corrected chi connectivity index (χ4v) is 7.26. The number of benzene rings is 7. The van der Waals surface area contributed by atoms with Gasteiger partial charge in [0, 0.05) is 44.3 Å². The van der Waals surface area contributed by atoms with Crippen molar-refractivity contribution in [1.29, 1.82) is 0 Å². The number of fused-ring (bicyclic) bond motifs is 5. The molecule has 11 rings (SSSR count). The smallest absolute Gasteiger partial charge is 0.227 e. The molecule has 0 N–H and O–H groups in total. The van der Waals surface area contributed by atoms with Crippen molar-refractivity contribution >= 4 is 44.0 Å². The summed E-state index contributed by atoms with van der Waals surface area (Å²) in [6, 6.07) is 56.8. The molecule has 0 bridgehead atoms. The molecule has 4 aromatic heterocycles. The molecule has 0 aliphatic rings. The van der Waals surface area contributed by atoms with E-state index >= 15 is 0 Å². The van der Waals surface area contributed by atoms with Crippen molar-refractivity contribution in [3.05, 3.63) is 170 Å². The molecule has 0 atom stereocenters. The van der Waals surface area contributed by atoms with E-state index in [1.807, 2.05) is 103 Å². The minimum atomic E-state index is 0.537. The van der Waals surface area contributed by atoms with Crippen LogP contribution in [0.15, 0.2) is 179 Å². The molecule has 0 amide bonds. The zero-order valence-corrected chi connectivity index (χ0v) is 29.2. The summed E-state index contributed by atoms with van der Waals surface area (Å²) >= 11 is 0. The van der Waals surface area contributed by atoms with Gasteiger partial charge >= 0.3 is 0 Å². The standard InChI is InChI=1S/C47H28N6O2/c1-3-11-29(12-4-1)43-50-44(30-13-5-2-6-14-30)52-45(51-43)32-21-25-38-42(28-32)55-46(49-38)31-19-23-34(24-20-31)53-39-17-9-7-15-35(39)36-27-33(22-26-40(36)53)47-48-37-16-8-10-18-41(37)54-47/h1-28H. The van der Waals surface area contributed by atoms with Crippen LogP contribution in [-0.2, 0) is 0 Å². The van der Waals surface area contributed by atoms with Crippen molar-refractivity contribution in [1.82, 2.24) is 29.5 Å². The molecular weight excluding hydrogens is 681 g/mol. The fourth-order valence-electron chi connectivity index (χ4n) is 7.26. The van der Waals surface area contributed by atoms with Crippen molar-refractivity contribution in [3.63, 3.8) is 0 Å². The van der Waals surface area contributed by atoms with Crippen molar-refractivity contribution in [2.75, 3.05) is 0 Å². The maximum atomic E-state index is 6.39. The summed E-state index contributed by atoms with van der Waals surface area (Å²) in [6.45, 7) is 0. The molecule has 0 aliphatic carbocycles. The zero-order valence-electron chi connectivity index (χ0n) is 29.2. The van der Waals surface area contributed by atoms with Crippen LogP contribution in [0.2, 0.25) is 0 Å². The Morgan fingerprint density at radius 2 is 0.891 bits per heavy atom. The van der Waals surface area contributed by atoms with E-state index in [1.165, 1.54) is 0 Å². The highest BCUT2D eigenvalue weighted by Gasteiger charge is 2.18. The van der Waals surface area contributed by atoms with Crippen LogP contribution in [-0.4, -0.2) is 29.5 Å². The summed E-state index contributed by atoms with van der Waals surface area (Å²) in [5.74, 6) is 2.92. The molecule has 0 unspecified atom stereocenters. The lowest BCUT2D eigenvalue weighted by atomic mass is 10.1. The second-order valence-electron chi connectivity index (χ2n) is 13.4. The zero-order chi connectivity index (χ0) is 36.3. The molecule has 7 aromatic carbocycles. The molecule has 55 heavy (non-hydrogen) atoms. The Balaban J connectivity index is 0.947. The lowest BCUT2D eigenvalue weighted by molar-refractivity contribution is 0.619. The van der Waals surface area contributed by atoms with Gasteiger partial charge in [-0.1, -0.05) is 91.0 Å². The minimum absolute atomic E-state index is 0.537. The van der Waals surface area contributed by atoms with Crippen LogP contribution in [0, 0.1) is 0 Å². The van der Waals surface area contributed by atoms with Gasteiger partial charge in [0.05, 0.1) is 11.0 Å². The van der Waals surface area contributed by atoms with Gasteiger partial charge in [-0.3, -0.25) is 0 Å². The SMILES string of the molecule is c1ccc(-c2nc(-c3ccccc3)nc(-c3ccc4nc(-c5ccc(-n6c7ccccc7c7cc(-c8nc9ccccc9o8)ccc76)cc5)oc4c3)n2)cc1. The number of rotatable bonds is 6. The van der Waals surface area contributed by atoms with E-state index in [1.54, 1.807) is 0 Å². The third-order valence-corrected chi connectivity index (χ3v) is 9.93. The van der Waals surface area contributed by atoms with Gasteiger partial charge in [0.2, 0.25) is 11.8 Å². The van der Waals surface area contributed by atoms with Gasteiger partial charge in [-0.05, 0) is 78.9 Å². The van der Waals surface area contributed by atoms with Gasteiger partial charge in [0.15, 0.2) is 28.6 Å². The molecule has 0 saturated heterocycles. The summed E-state index contributed by atoms with van der Waals surface area (Å²) in [5, 5.41) is 2.28. The Labute approximate surface area is 314 Å². The lowest BCUT2D eigenvalue weighted by Gasteiger charge is -2.08. The molecule has 8 nitrogen and oxygen atoms in total. The average molecular weight is 709 g/mol. The third kappa shape index (κ3) is 5.35. The van der Waals surface area contributed by atoms with E-state index in [2.05, 4.69) is 71.3 Å². The molecule has 4 heterocycles. The molecule has 0 fully saturated rings. The van der Waals surface area contributed by atoms with Crippen molar-refractivity contribution in [2.45, 2.75) is 0 Å². The molecule has 0 saturated carbocycles. The quantitative estimate of drug-likeness (QED) is 0.170. The Kier molecular flexibility index (Phi) is 6.99. The summed E-state index contributed by atoms with van der Waals surface area (Å²) in [4.78, 5) is 24.2. The number of nitrogens with zero attached hydrogens (tertiary/aromatic N) is 6. The van der Waals surface area contributed by atoms with E-state index in [4.69, 9.17) is 33.8 Å². The minimum Gasteiger partial charge on any atom is -0.436 e. The van der Waals surface area contributed by atoms with Crippen LogP contribution in [0.3, 0.4) is 0 Å². The highest BCUT2D eigenvalue weighted by atomic mass is 16.4. The van der Waals surface area contributed by atoms with Gasteiger partial charge in [0.25, 0.3) is 0 Å². The first kappa shape index (κ1) is 30.9. The highest BCUT2D eigenvalue weighted by Crippen LogP contribution is 2.36. The predicted octanol–water partition coefficient (Wildman–Crippen LogP) is 11.6. The van der Waals surface area contributed by atoms with Crippen LogP contribution >= 0.6 is 0 Å². The molecule has 11 aromatic rings. The first-order valence-electron chi connectivity index (χ1n) is 18.0. The van der Waals surface area contributed by atoms with E-state index in [-0.39, 0.29) is 0 Å².